The number of rotatable bonds is 8. The van der Waals surface area contributed by atoms with Crippen molar-refractivity contribution in [3.05, 3.63) is 218 Å². The predicted molar refractivity (Wildman–Crippen MR) is 222 cm³/mol. The van der Waals surface area contributed by atoms with Crippen LogP contribution in [0.4, 0.5) is 34.1 Å². The minimum absolute atomic E-state index is 1.08. The third-order valence-corrected chi connectivity index (χ3v) is 9.80. The molecular formula is C50H36N2. The Hall–Kier alpha value is -6.90. The number of nitrogens with zero attached hydrogens (tertiary/aromatic N) is 2. The fourth-order valence-corrected chi connectivity index (χ4v) is 7.31. The molecule has 9 aromatic carbocycles. The van der Waals surface area contributed by atoms with E-state index in [-0.39, 0.29) is 0 Å². The van der Waals surface area contributed by atoms with Gasteiger partial charge in [0, 0.05) is 33.8 Å². The van der Waals surface area contributed by atoms with Gasteiger partial charge in [0.25, 0.3) is 0 Å². The molecule has 0 aliphatic carbocycles. The zero-order valence-corrected chi connectivity index (χ0v) is 28.7. The summed E-state index contributed by atoms with van der Waals surface area (Å²) in [7, 11) is 0. The van der Waals surface area contributed by atoms with Crippen LogP contribution in [0.15, 0.2) is 218 Å². The first kappa shape index (κ1) is 31.1. The highest BCUT2D eigenvalue weighted by molar-refractivity contribution is 6.16. The Morgan fingerprint density at radius 1 is 0.250 bits per heavy atom. The summed E-state index contributed by atoms with van der Waals surface area (Å²) in [5.74, 6) is 0. The number of para-hydroxylation sites is 2. The Bertz CT molecular complexity index is 2580. The van der Waals surface area contributed by atoms with Crippen molar-refractivity contribution in [3.63, 3.8) is 0 Å². The number of benzene rings is 9. The van der Waals surface area contributed by atoms with E-state index in [0.717, 1.165) is 34.1 Å². The van der Waals surface area contributed by atoms with Gasteiger partial charge in [-0.1, -0.05) is 158 Å². The second-order valence-corrected chi connectivity index (χ2v) is 13.0. The van der Waals surface area contributed by atoms with Gasteiger partial charge in [0.15, 0.2) is 0 Å². The summed E-state index contributed by atoms with van der Waals surface area (Å²) in [6.45, 7) is 0. The van der Waals surface area contributed by atoms with Gasteiger partial charge in [0.05, 0.1) is 5.69 Å². The van der Waals surface area contributed by atoms with E-state index in [1.54, 1.807) is 0 Å². The molecule has 9 rings (SSSR count). The molecule has 0 bridgehead atoms. The molecule has 0 spiro atoms. The lowest BCUT2D eigenvalue weighted by Crippen LogP contribution is -2.14. The Balaban J connectivity index is 1.28. The molecule has 0 aliphatic heterocycles. The van der Waals surface area contributed by atoms with Crippen LogP contribution in [0.25, 0.3) is 43.8 Å². The summed E-state index contributed by atoms with van der Waals surface area (Å²) >= 11 is 0. The van der Waals surface area contributed by atoms with Crippen LogP contribution >= 0.6 is 0 Å². The molecule has 246 valence electrons. The van der Waals surface area contributed by atoms with Crippen LogP contribution < -0.4 is 9.80 Å². The molecule has 0 saturated carbocycles. The number of hydrogen-bond donors (Lipinski definition) is 0. The van der Waals surface area contributed by atoms with Crippen LogP contribution in [0.3, 0.4) is 0 Å². The smallest absolute Gasteiger partial charge is 0.0567 e. The van der Waals surface area contributed by atoms with Gasteiger partial charge in [0.1, 0.15) is 0 Å². The van der Waals surface area contributed by atoms with Crippen molar-refractivity contribution in [2.45, 2.75) is 0 Å². The molecule has 52 heavy (non-hydrogen) atoms. The maximum Gasteiger partial charge on any atom is 0.0567 e. The van der Waals surface area contributed by atoms with Gasteiger partial charge in [-0.15, -0.1) is 0 Å². The van der Waals surface area contributed by atoms with Gasteiger partial charge >= 0.3 is 0 Å². The highest BCUT2D eigenvalue weighted by Crippen LogP contribution is 2.46. The highest BCUT2D eigenvalue weighted by atomic mass is 15.2. The Labute approximate surface area is 305 Å². The largest absolute Gasteiger partial charge is 0.310 e. The molecule has 2 nitrogen and oxygen atoms in total. The molecule has 2 heteroatoms. The van der Waals surface area contributed by atoms with Crippen molar-refractivity contribution in [2.75, 3.05) is 9.80 Å². The third kappa shape index (κ3) is 5.97. The van der Waals surface area contributed by atoms with Gasteiger partial charge in [-0.3, -0.25) is 0 Å². The lowest BCUT2D eigenvalue weighted by Gasteiger charge is -2.31. The van der Waals surface area contributed by atoms with Gasteiger partial charge in [-0.05, 0) is 99.1 Å². The Morgan fingerprint density at radius 2 is 0.654 bits per heavy atom. The van der Waals surface area contributed by atoms with Crippen LogP contribution in [0.5, 0.6) is 0 Å². The van der Waals surface area contributed by atoms with Gasteiger partial charge in [-0.2, -0.15) is 0 Å². The first-order valence-corrected chi connectivity index (χ1v) is 17.8. The molecule has 9 aromatic rings. The minimum atomic E-state index is 1.08. The molecule has 0 unspecified atom stereocenters. The van der Waals surface area contributed by atoms with E-state index in [2.05, 4.69) is 228 Å². The van der Waals surface area contributed by atoms with Crippen molar-refractivity contribution in [1.29, 1.82) is 0 Å². The Kier molecular flexibility index (Phi) is 8.24. The number of fused-ring (bicyclic) bond motifs is 3. The topological polar surface area (TPSA) is 6.48 Å². The van der Waals surface area contributed by atoms with E-state index in [0.29, 0.717) is 0 Å². The quantitative estimate of drug-likeness (QED) is 0.149. The lowest BCUT2D eigenvalue weighted by atomic mass is 9.97. The molecule has 0 amide bonds. The summed E-state index contributed by atoms with van der Waals surface area (Å²) in [5, 5.41) is 4.83. The van der Waals surface area contributed by atoms with Gasteiger partial charge in [-0.25, -0.2) is 0 Å². The molecular weight excluding hydrogens is 629 g/mol. The van der Waals surface area contributed by atoms with Crippen molar-refractivity contribution in [1.82, 2.24) is 0 Å². The normalized spacial score (nSPS) is 11.1. The first-order chi connectivity index (χ1) is 25.8. The van der Waals surface area contributed by atoms with Crippen molar-refractivity contribution >= 4 is 55.7 Å². The fraction of sp³-hybridized carbons (Fsp3) is 0. The maximum atomic E-state index is 2.41. The van der Waals surface area contributed by atoms with Crippen LogP contribution in [-0.4, -0.2) is 0 Å². The first-order valence-electron chi connectivity index (χ1n) is 17.8. The molecule has 0 radical (unpaired) electrons. The van der Waals surface area contributed by atoms with Crippen molar-refractivity contribution in [3.8, 4) is 22.3 Å². The van der Waals surface area contributed by atoms with Crippen LogP contribution in [0.1, 0.15) is 0 Å². The number of anilines is 6. The molecule has 0 fully saturated rings. The van der Waals surface area contributed by atoms with Crippen molar-refractivity contribution in [2.24, 2.45) is 0 Å². The minimum Gasteiger partial charge on any atom is -0.310 e. The average molecular weight is 665 g/mol. The van der Waals surface area contributed by atoms with E-state index < -0.39 is 0 Å². The zero-order chi connectivity index (χ0) is 34.7. The highest BCUT2D eigenvalue weighted by Gasteiger charge is 2.21. The lowest BCUT2D eigenvalue weighted by molar-refractivity contribution is 1.26. The third-order valence-electron chi connectivity index (χ3n) is 9.80. The van der Waals surface area contributed by atoms with Crippen LogP contribution in [-0.2, 0) is 0 Å². The van der Waals surface area contributed by atoms with Gasteiger partial charge < -0.3 is 9.80 Å². The predicted octanol–water partition coefficient (Wildman–Crippen LogP) is 14.3. The molecule has 0 saturated heterocycles. The van der Waals surface area contributed by atoms with Crippen LogP contribution in [0.2, 0.25) is 0 Å². The molecule has 0 atom stereocenters. The fourth-order valence-electron chi connectivity index (χ4n) is 7.31. The van der Waals surface area contributed by atoms with E-state index in [4.69, 9.17) is 0 Å². The van der Waals surface area contributed by atoms with E-state index >= 15 is 0 Å². The molecule has 0 heterocycles. The summed E-state index contributed by atoms with van der Waals surface area (Å²) in [4.78, 5) is 4.78. The second kappa shape index (κ2) is 13.8. The second-order valence-electron chi connectivity index (χ2n) is 13.0. The maximum absolute atomic E-state index is 2.41. The van der Waals surface area contributed by atoms with E-state index in [1.165, 1.54) is 43.8 Å². The van der Waals surface area contributed by atoms with E-state index in [1.807, 2.05) is 0 Å². The molecule has 0 aromatic heterocycles. The summed E-state index contributed by atoms with van der Waals surface area (Å²) in [6, 6.07) is 78.4. The summed E-state index contributed by atoms with van der Waals surface area (Å²) in [6.07, 6.45) is 0. The van der Waals surface area contributed by atoms with E-state index in [9.17, 15) is 0 Å². The molecule has 0 aliphatic rings. The SMILES string of the molecule is c1ccc(-c2ccc(N(c3ccccc3)c3cc(N(c4ccccc4)c4ccc(-c5ccccc5)cc4)c4c(ccc5ccccc54)c3)cc2)cc1. The summed E-state index contributed by atoms with van der Waals surface area (Å²) < 4.78 is 0. The standard InChI is InChI=1S/C50H36N2/c1-5-15-37(16-6-1)39-27-31-45(32-28-39)51(43-20-9-3-10-21-43)47-35-42-26-25-41-19-13-14-24-48(41)50(42)49(36-47)52(44-22-11-4-12-23-44)46-33-29-40(30-34-46)38-17-7-2-8-18-38/h1-36H. The number of hydrogen-bond acceptors (Lipinski definition) is 2. The van der Waals surface area contributed by atoms with Gasteiger partial charge in [0.2, 0.25) is 0 Å². The summed E-state index contributed by atoms with van der Waals surface area (Å²) in [5.41, 5.74) is 11.4. The van der Waals surface area contributed by atoms with Crippen LogP contribution in [0, 0.1) is 0 Å². The average Bonchev–Trinajstić information content (AvgIpc) is 3.23. The van der Waals surface area contributed by atoms with Crippen molar-refractivity contribution < 1.29 is 0 Å². The molecule has 0 N–H and O–H groups in total. The zero-order valence-electron chi connectivity index (χ0n) is 28.7. The Morgan fingerprint density at radius 3 is 1.21 bits per heavy atom. The monoisotopic (exact) mass is 664 g/mol.